The molecule has 0 aliphatic rings. The minimum absolute atomic E-state index is 0.318. The van der Waals surface area contributed by atoms with E-state index in [1.54, 1.807) is 0 Å². The van der Waals surface area contributed by atoms with Gasteiger partial charge < -0.3 is 9.88 Å². The van der Waals surface area contributed by atoms with Crippen molar-refractivity contribution in [3.8, 4) is 0 Å². The third kappa shape index (κ3) is 2.73. The predicted molar refractivity (Wildman–Crippen MR) is 75.7 cm³/mol. The minimum Gasteiger partial charge on any atom is -0.349 e. The summed E-state index contributed by atoms with van der Waals surface area (Å²) in [7, 11) is 0. The topological polar surface area (TPSA) is 29.9 Å². The lowest BCUT2D eigenvalue weighted by molar-refractivity contribution is 0.702. The lowest BCUT2D eigenvalue weighted by Gasteiger charge is -2.18. The molecule has 3 heteroatoms. The van der Waals surface area contributed by atoms with E-state index < -0.39 is 0 Å². The highest BCUT2D eigenvalue weighted by Crippen LogP contribution is 2.22. The third-order valence-electron chi connectivity index (χ3n) is 3.15. The van der Waals surface area contributed by atoms with Crippen LogP contribution < -0.4 is 5.32 Å². The van der Waals surface area contributed by atoms with Crippen molar-refractivity contribution in [1.29, 1.82) is 0 Å². The molecule has 2 rings (SSSR count). The smallest absolute Gasteiger partial charge is 0.203 e. The van der Waals surface area contributed by atoms with E-state index in [2.05, 4.69) is 59.2 Å². The van der Waals surface area contributed by atoms with Crippen LogP contribution in [0.1, 0.15) is 37.6 Å². The molecule has 1 atom stereocenters. The molecule has 0 amide bonds. The van der Waals surface area contributed by atoms with E-state index in [-0.39, 0.29) is 0 Å². The highest BCUT2D eigenvalue weighted by Gasteiger charge is 2.12. The second-order valence-corrected chi connectivity index (χ2v) is 4.51. The highest BCUT2D eigenvalue weighted by molar-refractivity contribution is 5.34. The number of benzene rings is 1. The zero-order chi connectivity index (χ0) is 13.0. The van der Waals surface area contributed by atoms with Crippen molar-refractivity contribution in [2.75, 3.05) is 5.32 Å². The molecule has 96 valence electrons. The Morgan fingerprint density at radius 3 is 2.56 bits per heavy atom. The summed E-state index contributed by atoms with van der Waals surface area (Å²) in [5.74, 6) is 0.964. The number of nitrogens with zero attached hydrogens (tertiary/aromatic N) is 2. The summed E-state index contributed by atoms with van der Waals surface area (Å²) in [4.78, 5) is 4.55. The van der Waals surface area contributed by atoms with Crippen LogP contribution in [0, 0.1) is 6.92 Å². The zero-order valence-electron chi connectivity index (χ0n) is 11.4. The number of nitrogens with one attached hydrogen (secondary N) is 1. The standard InChI is InChI=1S/C15H21N3/c1-4-14(13-9-7-6-8-10-13)17-15-16-12(3)11-18(15)5-2/h6-11,14H,4-5H2,1-3H3,(H,16,17). The molecule has 18 heavy (non-hydrogen) atoms. The molecule has 1 N–H and O–H groups in total. The number of aryl methyl sites for hydroxylation is 2. The molecule has 0 aliphatic carbocycles. The normalized spacial score (nSPS) is 12.4. The molecule has 0 saturated heterocycles. The number of imidazole rings is 1. The van der Waals surface area contributed by atoms with Gasteiger partial charge in [0.05, 0.1) is 11.7 Å². The average Bonchev–Trinajstić information content (AvgIpc) is 2.77. The van der Waals surface area contributed by atoms with Crippen molar-refractivity contribution in [3.05, 3.63) is 47.8 Å². The summed E-state index contributed by atoms with van der Waals surface area (Å²) in [5.41, 5.74) is 2.37. The molecule has 1 heterocycles. The largest absolute Gasteiger partial charge is 0.349 e. The number of rotatable bonds is 5. The summed E-state index contributed by atoms with van der Waals surface area (Å²) in [6.45, 7) is 7.29. The third-order valence-corrected chi connectivity index (χ3v) is 3.15. The Hall–Kier alpha value is -1.77. The monoisotopic (exact) mass is 243 g/mol. The van der Waals surface area contributed by atoms with E-state index in [1.165, 1.54) is 5.56 Å². The van der Waals surface area contributed by atoms with Gasteiger partial charge in [-0.3, -0.25) is 0 Å². The van der Waals surface area contributed by atoms with E-state index >= 15 is 0 Å². The van der Waals surface area contributed by atoms with Crippen LogP contribution in [0.4, 0.5) is 5.95 Å². The molecule has 0 bridgehead atoms. The second kappa shape index (κ2) is 5.71. The molecule has 0 spiro atoms. The van der Waals surface area contributed by atoms with Crippen LogP contribution in [-0.4, -0.2) is 9.55 Å². The van der Waals surface area contributed by atoms with E-state index in [4.69, 9.17) is 0 Å². The fraction of sp³-hybridized carbons (Fsp3) is 0.400. The predicted octanol–water partition coefficient (Wildman–Crippen LogP) is 3.77. The maximum Gasteiger partial charge on any atom is 0.203 e. The molecular formula is C15H21N3. The molecule has 2 aromatic rings. The summed E-state index contributed by atoms with van der Waals surface area (Å²) in [6.07, 6.45) is 3.12. The first-order valence-corrected chi connectivity index (χ1v) is 6.59. The van der Waals surface area contributed by atoms with E-state index in [1.807, 2.05) is 13.0 Å². The van der Waals surface area contributed by atoms with Gasteiger partial charge in [-0.15, -0.1) is 0 Å². The Labute approximate surface area is 109 Å². The van der Waals surface area contributed by atoms with Gasteiger partial charge in [-0.1, -0.05) is 37.3 Å². The van der Waals surface area contributed by atoms with Crippen LogP contribution in [0.15, 0.2) is 36.5 Å². The maximum atomic E-state index is 4.55. The molecule has 1 unspecified atom stereocenters. The quantitative estimate of drug-likeness (QED) is 0.866. The van der Waals surface area contributed by atoms with Gasteiger partial charge in [-0.2, -0.15) is 0 Å². The van der Waals surface area contributed by atoms with Gasteiger partial charge in [0.2, 0.25) is 5.95 Å². The summed E-state index contributed by atoms with van der Waals surface area (Å²) >= 11 is 0. The second-order valence-electron chi connectivity index (χ2n) is 4.51. The van der Waals surface area contributed by atoms with E-state index in [9.17, 15) is 0 Å². The van der Waals surface area contributed by atoms with Crippen molar-refractivity contribution < 1.29 is 0 Å². The average molecular weight is 243 g/mol. The Morgan fingerprint density at radius 1 is 1.22 bits per heavy atom. The molecule has 1 aromatic heterocycles. The Balaban J connectivity index is 2.20. The molecule has 0 radical (unpaired) electrons. The van der Waals surface area contributed by atoms with E-state index in [0.717, 1.165) is 24.6 Å². The first-order chi connectivity index (χ1) is 8.74. The zero-order valence-corrected chi connectivity index (χ0v) is 11.4. The van der Waals surface area contributed by atoms with Gasteiger partial charge in [-0.05, 0) is 25.8 Å². The van der Waals surface area contributed by atoms with Gasteiger partial charge in [0.15, 0.2) is 0 Å². The molecule has 0 aliphatic heterocycles. The number of anilines is 1. The van der Waals surface area contributed by atoms with Crippen LogP contribution in [0.25, 0.3) is 0 Å². The highest BCUT2D eigenvalue weighted by atomic mass is 15.2. The maximum absolute atomic E-state index is 4.55. The molecule has 1 aromatic carbocycles. The Kier molecular flexibility index (Phi) is 4.03. The Morgan fingerprint density at radius 2 is 1.94 bits per heavy atom. The summed E-state index contributed by atoms with van der Waals surface area (Å²) in [6, 6.07) is 10.8. The van der Waals surface area contributed by atoms with Crippen molar-refractivity contribution >= 4 is 5.95 Å². The number of hydrogen-bond acceptors (Lipinski definition) is 2. The van der Waals surface area contributed by atoms with Crippen molar-refractivity contribution in [2.24, 2.45) is 0 Å². The van der Waals surface area contributed by atoms with Gasteiger partial charge in [0.1, 0.15) is 0 Å². The van der Waals surface area contributed by atoms with Crippen molar-refractivity contribution in [3.63, 3.8) is 0 Å². The van der Waals surface area contributed by atoms with E-state index in [0.29, 0.717) is 6.04 Å². The van der Waals surface area contributed by atoms with Crippen LogP contribution in [-0.2, 0) is 6.54 Å². The first kappa shape index (κ1) is 12.7. The van der Waals surface area contributed by atoms with Crippen LogP contribution in [0.5, 0.6) is 0 Å². The SMILES string of the molecule is CCC(Nc1nc(C)cn1CC)c1ccccc1. The van der Waals surface area contributed by atoms with Crippen LogP contribution in [0.2, 0.25) is 0 Å². The summed E-state index contributed by atoms with van der Waals surface area (Å²) < 4.78 is 2.15. The number of hydrogen-bond donors (Lipinski definition) is 1. The van der Waals surface area contributed by atoms with Crippen molar-refractivity contribution in [1.82, 2.24) is 9.55 Å². The lowest BCUT2D eigenvalue weighted by atomic mass is 10.1. The minimum atomic E-state index is 0.318. The molecule has 0 saturated carbocycles. The van der Waals surface area contributed by atoms with Crippen molar-refractivity contribution in [2.45, 2.75) is 39.8 Å². The van der Waals surface area contributed by atoms with Crippen LogP contribution >= 0.6 is 0 Å². The lowest BCUT2D eigenvalue weighted by Crippen LogP contribution is -2.13. The van der Waals surface area contributed by atoms with Gasteiger partial charge in [-0.25, -0.2) is 4.98 Å². The van der Waals surface area contributed by atoms with Gasteiger partial charge in [0, 0.05) is 12.7 Å². The number of aromatic nitrogens is 2. The molecule has 3 nitrogen and oxygen atoms in total. The summed E-state index contributed by atoms with van der Waals surface area (Å²) in [5, 5.41) is 3.54. The Bertz CT molecular complexity index is 488. The molecule has 0 fully saturated rings. The fourth-order valence-corrected chi connectivity index (χ4v) is 2.17. The van der Waals surface area contributed by atoms with Gasteiger partial charge >= 0.3 is 0 Å². The first-order valence-electron chi connectivity index (χ1n) is 6.59. The fourth-order valence-electron chi connectivity index (χ4n) is 2.17. The molecular weight excluding hydrogens is 222 g/mol. The van der Waals surface area contributed by atoms with Gasteiger partial charge in [0.25, 0.3) is 0 Å². The van der Waals surface area contributed by atoms with Crippen LogP contribution in [0.3, 0.4) is 0 Å².